The third kappa shape index (κ3) is 8.57. The Morgan fingerprint density at radius 1 is 1.08 bits per heavy atom. The molecule has 1 aromatic carbocycles. The lowest BCUT2D eigenvalue weighted by Crippen LogP contribution is -2.59. The monoisotopic (exact) mass is 791 g/mol. The number of amides is 1. The summed E-state index contributed by atoms with van der Waals surface area (Å²) in [7, 11) is -9.49. The molecule has 19 heteroatoms. The number of nitrogens with two attached hydrogens (primary N) is 1. The summed E-state index contributed by atoms with van der Waals surface area (Å²) in [6, 6.07) is 6.07. The van der Waals surface area contributed by atoms with Crippen molar-refractivity contribution in [3.05, 3.63) is 84.0 Å². The number of nitrogens with one attached hydrogen (secondary N) is 1. The van der Waals surface area contributed by atoms with Gasteiger partial charge in [-0.2, -0.15) is 8.42 Å². The summed E-state index contributed by atoms with van der Waals surface area (Å²) in [6.07, 6.45) is -2.03. The molecule has 1 spiro atoms. The van der Waals surface area contributed by atoms with Crippen LogP contribution in [0.5, 0.6) is 0 Å². The predicted octanol–water partition coefficient (Wildman–Crippen LogP) is 5.29. The molecule has 0 aliphatic carbocycles. The van der Waals surface area contributed by atoms with Crippen LogP contribution in [0.4, 0.5) is 5.69 Å². The average molecular weight is 792 g/mol. The topological polar surface area (TPSA) is 219 Å². The highest BCUT2D eigenvalue weighted by atomic mass is 32.2. The number of rotatable bonds is 12. The van der Waals surface area contributed by atoms with Gasteiger partial charge < -0.3 is 24.6 Å². The van der Waals surface area contributed by atoms with E-state index in [4.69, 9.17) is 29.0 Å². The third-order valence-corrected chi connectivity index (χ3v) is 20.9. The Labute approximate surface area is 312 Å². The van der Waals surface area contributed by atoms with Crippen LogP contribution in [0.2, 0.25) is 36.3 Å². The van der Waals surface area contributed by atoms with E-state index in [2.05, 4.69) is 49.2 Å². The minimum atomic E-state index is -4.28. The van der Waals surface area contributed by atoms with Gasteiger partial charge in [-0.3, -0.25) is 18.7 Å². The lowest BCUT2D eigenvalue weighted by atomic mass is 9.89. The standard InChI is InChI=1S/C34H53N7O9SSi2/c1-22-19-41(31(44)40(29(22)43)18-12-17-37-28(42)23-13-15-24(16-14-23)38-39-36)30-27(49-53(10,11)33(5,6)7)34(25(35)21-51(45,46)50-34)26(48-30)20-47-52(8,9)32(2,3)4/h13-16,19,21,26-27,30H,12,17-18,20,35H2,1-11H3,(H,37,42)/t26?,27-,30+,34?/m0/s1. The summed E-state index contributed by atoms with van der Waals surface area (Å²) >= 11 is 0. The van der Waals surface area contributed by atoms with Crippen LogP contribution < -0.4 is 22.3 Å². The molecule has 4 atom stereocenters. The van der Waals surface area contributed by atoms with Gasteiger partial charge >= 0.3 is 5.69 Å². The van der Waals surface area contributed by atoms with Crippen LogP contribution in [0, 0.1) is 6.92 Å². The molecular formula is C34H53N7O9SSi2. The molecule has 3 heterocycles. The fourth-order valence-electron chi connectivity index (χ4n) is 5.62. The Hall–Kier alpha value is -3.56. The summed E-state index contributed by atoms with van der Waals surface area (Å²) in [4.78, 5) is 43.1. The third-order valence-electron chi connectivity index (χ3n) is 10.8. The van der Waals surface area contributed by atoms with E-state index in [0.29, 0.717) is 11.3 Å². The Balaban J connectivity index is 1.74. The normalized spacial score (nSPS) is 23.2. The van der Waals surface area contributed by atoms with Gasteiger partial charge in [0.1, 0.15) is 12.2 Å². The van der Waals surface area contributed by atoms with Gasteiger partial charge in [0.2, 0.25) is 0 Å². The van der Waals surface area contributed by atoms with Gasteiger partial charge in [-0.25, -0.2) is 8.98 Å². The second-order valence-corrected chi connectivity index (χ2v) is 27.6. The summed E-state index contributed by atoms with van der Waals surface area (Å²) < 4.78 is 54.6. The molecule has 1 fully saturated rings. The van der Waals surface area contributed by atoms with E-state index in [1.165, 1.54) is 35.0 Å². The molecule has 2 unspecified atom stereocenters. The first-order valence-corrected chi connectivity index (χ1v) is 24.7. The van der Waals surface area contributed by atoms with Crippen LogP contribution >= 0.6 is 0 Å². The second-order valence-electron chi connectivity index (χ2n) is 16.6. The summed E-state index contributed by atoms with van der Waals surface area (Å²) in [5, 5.41) is 6.57. The number of benzene rings is 1. The highest BCUT2D eigenvalue weighted by Gasteiger charge is 2.67. The van der Waals surface area contributed by atoms with Gasteiger partial charge in [0, 0.05) is 41.0 Å². The maximum Gasteiger partial charge on any atom is 0.333 e. The van der Waals surface area contributed by atoms with Gasteiger partial charge in [-0.15, -0.1) is 0 Å². The fraction of sp³-hybridized carbons (Fsp3) is 0.618. The zero-order chi connectivity index (χ0) is 39.9. The number of hydrogen-bond acceptors (Lipinski definition) is 11. The highest BCUT2D eigenvalue weighted by molar-refractivity contribution is 7.90. The van der Waals surface area contributed by atoms with Crippen molar-refractivity contribution in [3.8, 4) is 0 Å². The van der Waals surface area contributed by atoms with Crippen LogP contribution in [0.15, 0.2) is 56.3 Å². The lowest BCUT2D eigenvalue weighted by Gasteiger charge is -2.43. The quantitative estimate of drug-likeness (QED) is 0.0707. The van der Waals surface area contributed by atoms with Gasteiger partial charge in [0.05, 0.1) is 17.7 Å². The molecule has 53 heavy (non-hydrogen) atoms. The van der Waals surface area contributed by atoms with E-state index in [9.17, 15) is 22.8 Å². The first kappa shape index (κ1) is 42.2. The average Bonchev–Trinajstić information content (AvgIpc) is 3.46. The van der Waals surface area contributed by atoms with E-state index < -0.39 is 62.0 Å². The minimum absolute atomic E-state index is 0.0497. The van der Waals surface area contributed by atoms with Gasteiger partial charge in [-0.05, 0) is 67.3 Å². The van der Waals surface area contributed by atoms with E-state index in [0.717, 1.165) is 9.98 Å². The molecule has 0 saturated carbocycles. The van der Waals surface area contributed by atoms with Gasteiger partial charge in [0.25, 0.3) is 21.6 Å². The molecule has 1 saturated heterocycles. The maximum atomic E-state index is 14.3. The molecule has 4 rings (SSSR count). The van der Waals surface area contributed by atoms with Crippen LogP contribution in [-0.2, 0) is 34.4 Å². The molecule has 1 aromatic heterocycles. The molecule has 2 aliphatic heterocycles. The Bertz CT molecular complexity index is 2030. The first-order chi connectivity index (χ1) is 24.3. The highest BCUT2D eigenvalue weighted by Crippen LogP contribution is 2.52. The van der Waals surface area contributed by atoms with Crippen molar-refractivity contribution >= 4 is 38.3 Å². The van der Waals surface area contributed by atoms with E-state index in [1.807, 2.05) is 33.9 Å². The number of aryl methyl sites for hydroxylation is 1. The van der Waals surface area contributed by atoms with Crippen LogP contribution in [0.25, 0.3) is 10.4 Å². The molecule has 0 bridgehead atoms. The Morgan fingerprint density at radius 2 is 1.68 bits per heavy atom. The van der Waals surface area contributed by atoms with Gasteiger partial charge in [0.15, 0.2) is 28.5 Å². The largest absolute Gasteiger partial charge is 0.414 e. The van der Waals surface area contributed by atoms with E-state index in [1.54, 1.807) is 6.92 Å². The van der Waals surface area contributed by atoms with Crippen LogP contribution in [0.1, 0.15) is 70.1 Å². The maximum absolute atomic E-state index is 14.3. The summed E-state index contributed by atoms with van der Waals surface area (Å²) in [5.41, 5.74) is 12.9. The number of ether oxygens (including phenoxy) is 1. The molecule has 16 nitrogen and oxygen atoms in total. The smallest absolute Gasteiger partial charge is 0.333 e. The molecule has 0 radical (unpaired) electrons. The number of aromatic nitrogens is 2. The summed E-state index contributed by atoms with van der Waals surface area (Å²) in [5.74, 6) is -0.384. The molecule has 1 amide bonds. The van der Waals surface area contributed by atoms with Crippen molar-refractivity contribution in [2.75, 3.05) is 13.2 Å². The Kier molecular flexibility index (Phi) is 11.9. The van der Waals surface area contributed by atoms with Crippen molar-refractivity contribution in [1.82, 2.24) is 14.5 Å². The molecule has 2 aliphatic rings. The van der Waals surface area contributed by atoms with Gasteiger partial charge in [-0.1, -0.05) is 58.8 Å². The van der Waals surface area contributed by atoms with Crippen LogP contribution in [-0.4, -0.2) is 71.1 Å². The van der Waals surface area contributed by atoms with E-state index in [-0.39, 0.29) is 53.4 Å². The molecule has 292 valence electrons. The fourth-order valence-corrected chi connectivity index (χ4v) is 9.13. The SMILES string of the molecule is Cc1cn([C@@H]2OC(CO[Si](C)(C)C(C)(C)C)C3(OS(=O)(=O)C=C3N)[C@H]2O[Si](C)(C)C(C)(C)C)c(=O)n(CCCNC(=O)c2ccc(N=[N+]=[N-])cc2)c1=O. The van der Waals surface area contributed by atoms with Crippen molar-refractivity contribution in [2.24, 2.45) is 10.8 Å². The van der Waals surface area contributed by atoms with Crippen molar-refractivity contribution in [2.45, 2.75) is 122 Å². The van der Waals surface area contributed by atoms with Crippen molar-refractivity contribution < 1.29 is 31.0 Å². The molecular weight excluding hydrogens is 739 g/mol. The molecule has 3 N–H and O–H groups in total. The zero-order valence-corrected chi connectivity index (χ0v) is 35.2. The van der Waals surface area contributed by atoms with E-state index >= 15 is 0 Å². The Morgan fingerprint density at radius 3 is 2.21 bits per heavy atom. The second kappa shape index (κ2) is 14.9. The minimum Gasteiger partial charge on any atom is -0.414 e. The first-order valence-electron chi connectivity index (χ1n) is 17.4. The zero-order valence-electron chi connectivity index (χ0n) is 32.4. The predicted molar refractivity (Wildman–Crippen MR) is 206 cm³/mol. The molecule has 2 aromatic rings. The van der Waals surface area contributed by atoms with Crippen molar-refractivity contribution in [3.63, 3.8) is 0 Å². The summed E-state index contributed by atoms with van der Waals surface area (Å²) in [6.45, 7) is 21.9. The van der Waals surface area contributed by atoms with Crippen molar-refractivity contribution in [1.29, 1.82) is 0 Å². The number of azide groups is 1. The van der Waals surface area contributed by atoms with Crippen LogP contribution in [0.3, 0.4) is 0 Å². The number of carbonyl (C=O) groups is 1. The number of nitrogens with zero attached hydrogens (tertiary/aromatic N) is 5. The number of hydrogen-bond donors (Lipinski definition) is 2. The number of carbonyl (C=O) groups excluding carboxylic acids is 1. The lowest BCUT2D eigenvalue weighted by molar-refractivity contribution is -0.0567.